The Labute approximate surface area is 151 Å². The maximum absolute atomic E-state index is 12.1. The fraction of sp³-hybridized carbons (Fsp3) is 0.529. The van der Waals surface area contributed by atoms with E-state index in [0.717, 1.165) is 5.56 Å². The molecule has 132 valence electrons. The van der Waals surface area contributed by atoms with Crippen molar-refractivity contribution in [2.75, 3.05) is 25.1 Å². The molecule has 0 radical (unpaired) electrons. The predicted octanol–water partition coefficient (Wildman–Crippen LogP) is 3.51. The Morgan fingerprint density at radius 2 is 2.04 bits per heavy atom. The molecule has 1 heterocycles. The Balaban J connectivity index is 1.92. The number of thioether (sulfide) groups is 2. The van der Waals surface area contributed by atoms with Crippen LogP contribution in [0.4, 0.5) is 4.79 Å². The van der Waals surface area contributed by atoms with Gasteiger partial charge in [0.15, 0.2) is 0 Å². The van der Waals surface area contributed by atoms with E-state index < -0.39 is 11.7 Å². The van der Waals surface area contributed by atoms with Crippen LogP contribution in [0.25, 0.3) is 0 Å². The van der Waals surface area contributed by atoms with Crippen molar-refractivity contribution in [1.29, 1.82) is 0 Å². The van der Waals surface area contributed by atoms with E-state index in [1.54, 1.807) is 23.5 Å². The van der Waals surface area contributed by atoms with Crippen LogP contribution in [0.5, 0.6) is 0 Å². The molecule has 1 saturated heterocycles. The number of carbonyl (C=O) groups excluding carboxylic acids is 2. The summed E-state index contributed by atoms with van der Waals surface area (Å²) in [6.07, 6.45) is 1.58. The molecule has 0 saturated carbocycles. The first-order valence-electron chi connectivity index (χ1n) is 7.82. The van der Waals surface area contributed by atoms with Crippen LogP contribution in [-0.2, 0) is 9.53 Å². The van der Waals surface area contributed by atoms with E-state index in [-0.39, 0.29) is 11.3 Å². The Hall–Kier alpha value is -1.34. The quantitative estimate of drug-likeness (QED) is 0.806. The molecule has 1 atom stereocenters. The molecule has 0 spiro atoms. The van der Waals surface area contributed by atoms with Gasteiger partial charge in [0, 0.05) is 18.0 Å². The number of nitrogens with zero attached hydrogens (tertiary/aromatic N) is 1. The van der Waals surface area contributed by atoms with Crippen LogP contribution in [0.2, 0.25) is 0 Å². The van der Waals surface area contributed by atoms with Crippen LogP contribution < -0.4 is 5.32 Å². The van der Waals surface area contributed by atoms with Gasteiger partial charge < -0.3 is 15.0 Å². The molecular formula is C17H24N2O3S2. The van der Waals surface area contributed by atoms with Gasteiger partial charge >= 0.3 is 6.09 Å². The number of rotatable bonds is 5. The first-order chi connectivity index (χ1) is 11.3. The van der Waals surface area contributed by atoms with Gasteiger partial charge in [-0.25, -0.2) is 4.79 Å². The standard InChI is InChI=1S/C17H24N2O3S2/c1-17(2,3)22-16(21)18-9-10-19-14(20)11-24-15(19)12-5-7-13(23-4)8-6-12/h5-8,15H,9-11H2,1-4H3,(H,18,21). The molecular weight excluding hydrogens is 344 g/mol. The zero-order valence-electron chi connectivity index (χ0n) is 14.5. The fourth-order valence-electron chi connectivity index (χ4n) is 2.33. The van der Waals surface area contributed by atoms with Crippen molar-refractivity contribution in [2.24, 2.45) is 0 Å². The third kappa shape index (κ3) is 5.34. The van der Waals surface area contributed by atoms with Gasteiger partial charge in [0.1, 0.15) is 11.0 Å². The molecule has 0 aliphatic carbocycles. The van der Waals surface area contributed by atoms with E-state index in [0.29, 0.717) is 18.8 Å². The number of benzene rings is 1. The van der Waals surface area contributed by atoms with Gasteiger partial charge in [-0.15, -0.1) is 23.5 Å². The van der Waals surface area contributed by atoms with Gasteiger partial charge in [-0.05, 0) is 44.7 Å². The van der Waals surface area contributed by atoms with Crippen LogP contribution in [0.15, 0.2) is 29.2 Å². The fourth-order valence-corrected chi connectivity index (χ4v) is 3.96. The molecule has 1 aliphatic heterocycles. The molecule has 0 bridgehead atoms. The van der Waals surface area contributed by atoms with E-state index in [2.05, 4.69) is 29.6 Å². The van der Waals surface area contributed by atoms with Crippen molar-refractivity contribution in [3.63, 3.8) is 0 Å². The second-order valence-electron chi connectivity index (χ2n) is 6.45. The van der Waals surface area contributed by atoms with E-state index in [9.17, 15) is 9.59 Å². The third-order valence-corrected chi connectivity index (χ3v) is 5.39. The van der Waals surface area contributed by atoms with Gasteiger partial charge in [0.05, 0.1) is 5.75 Å². The number of nitrogens with one attached hydrogen (secondary N) is 1. The summed E-state index contributed by atoms with van der Waals surface area (Å²) in [7, 11) is 0. The Morgan fingerprint density at radius 1 is 1.38 bits per heavy atom. The molecule has 1 aromatic carbocycles. The average Bonchev–Trinajstić information content (AvgIpc) is 2.87. The van der Waals surface area contributed by atoms with Gasteiger partial charge in [0.2, 0.25) is 5.91 Å². The lowest BCUT2D eigenvalue weighted by Crippen LogP contribution is -2.39. The van der Waals surface area contributed by atoms with E-state index in [4.69, 9.17) is 4.74 Å². The summed E-state index contributed by atoms with van der Waals surface area (Å²) in [6.45, 7) is 6.31. The lowest BCUT2D eigenvalue weighted by atomic mass is 10.2. The molecule has 2 rings (SSSR count). The molecule has 1 aromatic rings. The van der Waals surface area contributed by atoms with Gasteiger partial charge in [0.25, 0.3) is 0 Å². The van der Waals surface area contributed by atoms with E-state index >= 15 is 0 Å². The largest absolute Gasteiger partial charge is 0.444 e. The molecule has 1 fully saturated rings. The zero-order valence-corrected chi connectivity index (χ0v) is 16.1. The lowest BCUT2D eigenvalue weighted by molar-refractivity contribution is -0.128. The molecule has 0 aromatic heterocycles. The average molecular weight is 369 g/mol. The molecule has 1 aliphatic rings. The molecule has 1 N–H and O–H groups in total. The summed E-state index contributed by atoms with van der Waals surface area (Å²) in [5.41, 5.74) is 0.589. The normalized spacial score (nSPS) is 17.9. The molecule has 2 amide bonds. The topological polar surface area (TPSA) is 58.6 Å². The van der Waals surface area contributed by atoms with Crippen LogP contribution in [-0.4, -0.2) is 47.6 Å². The number of alkyl carbamates (subject to hydrolysis) is 1. The first-order valence-corrected chi connectivity index (χ1v) is 10.1. The molecule has 24 heavy (non-hydrogen) atoms. The van der Waals surface area contributed by atoms with Crippen molar-refractivity contribution < 1.29 is 14.3 Å². The van der Waals surface area contributed by atoms with Crippen molar-refractivity contribution >= 4 is 35.5 Å². The summed E-state index contributed by atoms with van der Waals surface area (Å²) >= 11 is 3.31. The highest BCUT2D eigenvalue weighted by atomic mass is 32.2. The third-order valence-electron chi connectivity index (χ3n) is 3.39. The Morgan fingerprint density at radius 3 is 2.62 bits per heavy atom. The highest BCUT2D eigenvalue weighted by molar-refractivity contribution is 8.00. The van der Waals surface area contributed by atoms with Gasteiger partial charge in [-0.1, -0.05) is 12.1 Å². The second kappa shape index (κ2) is 8.16. The maximum atomic E-state index is 12.1. The number of carbonyl (C=O) groups is 2. The zero-order chi connectivity index (χ0) is 17.7. The first kappa shape index (κ1) is 19.0. The SMILES string of the molecule is CSc1ccc(C2SCC(=O)N2CCNC(=O)OC(C)(C)C)cc1. The summed E-state index contributed by atoms with van der Waals surface area (Å²) < 4.78 is 5.21. The minimum absolute atomic E-state index is 0.00819. The van der Waals surface area contributed by atoms with Crippen LogP contribution >= 0.6 is 23.5 Å². The second-order valence-corrected chi connectivity index (χ2v) is 8.40. The van der Waals surface area contributed by atoms with Crippen molar-refractivity contribution in [3.8, 4) is 0 Å². The van der Waals surface area contributed by atoms with Gasteiger partial charge in [-0.3, -0.25) is 4.79 Å². The van der Waals surface area contributed by atoms with Gasteiger partial charge in [-0.2, -0.15) is 0 Å². The van der Waals surface area contributed by atoms with E-state index in [1.807, 2.05) is 31.9 Å². The summed E-state index contributed by atoms with van der Waals surface area (Å²) in [5.74, 6) is 0.575. The maximum Gasteiger partial charge on any atom is 0.407 e. The minimum atomic E-state index is -0.523. The van der Waals surface area contributed by atoms with Crippen LogP contribution in [0.1, 0.15) is 31.7 Å². The number of ether oxygens (including phenoxy) is 1. The minimum Gasteiger partial charge on any atom is -0.444 e. The highest BCUT2D eigenvalue weighted by Gasteiger charge is 2.32. The summed E-state index contributed by atoms with van der Waals surface area (Å²) in [5, 5.41) is 2.72. The molecule has 1 unspecified atom stereocenters. The lowest BCUT2D eigenvalue weighted by Gasteiger charge is -2.25. The van der Waals surface area contributed by atoms with Crippen molar-refractivity contribution in [3.05, 3.63) is 29.8 Å². The van der Waals surface area contributed by atoms with Crippen LogP contribution in [0, 0.1) is 0 Å². The smallest absolute Gasteiger partial charge is 0.407 e. The number of hydrogen-bond acceptors (Lipinski definition) is 5. The Bertz CT molecular complexity index is 584. The summed E-state index contributed by atoms with van der Waals surface area (Å²) in [6, 6.07) is 8.27. The number of amides is 2. The predicted molar refractivity (Wildman–Crippen MR) is 99.4 cm³/mol. The Kier molecular flexibility index (Phi) is 6.46. The molecule has 7 heteroatoms. The molecule has 5 nitrogen and oxygen atoms in total. The highest BCUT2D eigenvalue weighted by Crippen LogP contribution is 2.38. The number of hydrogen-bond donors (Lipinski definition) is 1. The summed E-state index contributed by atoms with van der Waals surface area (Å²) in [4.78, 5) is 26.9. The monoisotopic (exact) mass is 368 g/mol. The van der Waals surface area contributed by atoms with Crippen molar-refractivity contribution in [2.45, 2.75) is 36.6 Å². The van der Waals surface area contributed by atoms with E-state index in [1.165, 1.54) is 4.90 Å². The van der Waals surface area contributed by atoms with Crippen molar-refractivity contribution in [1.82, 2.24) is 10.2 Å². The van der Waals surface area contributed by atoms with Crippen LogP contribution in [0.3, 0.4) is 0 Å².